The first kappa shape index (κ1) is 14.1. The van der Waals surface area contributed by atoms with Crippen molar-refractivity contribution in [1.29, 1.82) is 0 Å². The number of aromatic nitrogens is 2. The minimum absolute atomic E-state index is 0.341. The lowest BCUT2D eigenvalue weighted by Gasteiger charge is -2.18. The lowest BCUT2D eigenvalue weighted by Crippen LogP contribution is -2.15. The first-order valence-corrected chi connectivity index (χ1v) is 7.00. The smallest absolute Gasteiger partial charge is 0.185 e. The molecule has 0 saturated carbocycles. The molecule has 0 amide bonds. The number of hydrogen-bond donors (Lipinski definition) is 0. The number of benzene rings is 1. The molecular formula is C17H17N3O2. The molecule has 0 unspecified atom stereocenters. The average Bonchev–Trinajstić information content (AvgIpc) is 3.16. The number of furan rings is 1. The summed E-state index contributed by atoms with van der Waals surface area (Å²) in [6.07, 6.45) is 4.59. The second-order valence-corrected chi connectivity index (χ2v) is 5.25. The van der Waals surface area contributed by atoms with Gasteiger partial charge in [-0.15, -0.1) is 0 Å². The van der Waals surface area contributed by atoms with Gasteiger partial charge in [0.1, 0.15) is 5.76 Å². The van der Waals surface area contributed by atoms with Gasteiger partial charge >= 0.3 is 0 Å². The van der Waals surface area contributed by atoms with Crippen molar-refractivity contribution in [3.8, 4) is 11.3 Å². The van der Waals surface area contributed by atoms with Crippen LogP contribution in [0.5, 0.6) is 0 Å². The Hall–Kier alpha value is -2.82. The highest BCUT2D eigenvalue weighted by molar-refractivity contribution is 5.73. The largest absolute Gasteiger partial charge is 0.453 e. The number of aldehydes is 1. The van der Waals surface area contributed by atoms with E-state index in [2.05, 4.69) is 10.00 Å². The Morgan fingerprint density at radius 2 is 2.00 bits per heavy atom. The van der Waals surface area contributed by atoms with Crippen LogP contribution in [-0.4, -0.2) is 23.1 Å². The third kappa shape index (κ3) is 2.93. The fourth-order valence-electron chi connectivity index (χ4n) is 2.37. The van der Waals surface area contributed by atoms with Gasteiger partial charge in [0.15, 0.2) is 12.0 Å². The number of nitrogens with zero attached hydrogens (tertiary/aromatic N) is 3. The number of carbonyl (C=O) groups excluding carboxylic acids is 1. The van der Waals surface area contributed by atoms with Gasteiger partial charge in [0.2, 0.25) is 0 Å². The Bertz CT molecular complexity index is 771. The van der Waals surface area contributed by atoms with Crippen LogP contribution in [0.4, 0.5) is 5.69 Å². The van der Waals surface area contributed by atoms with E-state index in [0.717, 1.165) is 23.4 Å². The summed E-state index contributed by atoms with van der Waals surface area (Å²) in [5.41, 5.74) is 3.22. The van der Waals surface area contributed by atoms with Gasteiger partial charge in [-0.05, 0) is 36.4 Å². The number of hydrogen-bond acceptors (Lipinski definition) is 4. The molecule has 2 heterocycles. The summed E-state index contributed by atoms with van der Waals surface area (Å²) in [6.45, 7) is 0.795. The summed E-state index contributed by atoms with van der Waals surface area (Å²) in [6, 6.07) is 11.5. The van der Waals surface area contributed by atoms with Crippen molar-refractivity contribution < 1.29 is 9.21 Å². The molecule has 0 aliphatic heterocycles. The molecule has 0 atom stereocenters. The molecule has 0 N–H and O–H groups in total. The molecule has 2 aromatic heterocycles. The van der Waals surface area contributed by atoms with Gasteiger partial charge in [0, 0.05) is 43.7 Å². The van der Waals surface area contributed by atoms with Crippen LogP contribution in [0.1, 0.15) is 16.1 Å². The van der Waals surface area contributed by atoms with Crippen LogP contribution in [-0.2, 0) is 13.6 Å². The molecule has 5 nitrogen and oxygen atoms in total. The Kier molecular flexibility index (Phi) is 3.78. The standard InChI is InChI=1S/C17H17N3O2/c1-19(10-13-9-18-20(2)11-13)15-5-3-14(4-6-15)17-8-7-16(12-21)22-17/h3-9,11-12H,10H2,1-2H3. The zero-order valence-corrected chi connectivity index (χ0v) is 12.6. The molecule has 0 bridgehead atoms. The van der Waals surface area contributed by atoms with Crippen molar-refractivity contribution in [3.05, 3.63) is 60.1 Å². The maximum atomic E-state index is 10.7. The SMILES string of the molecule is CN(Cc1cnn(C)c1)c1ccc(-c2ccc(C=O)o2)cc1. The highest BCUT2D eigenvalue weighted by Crippen LogP contribution is 2.25. The normalized spacial score (nSPS) is 10.6. The van der Waals surface area contributed by atoms with E-state index in [1.54, 1.807) is 16.8 Å². The highest BCUT2D eigenvalue weighted by Gasteiger charge is 2.07. The van der Waals surface area contributed by atoms with Crippen LogP contribution in [0, 0.1) is 0 Å². The molecule has 0 fully saturated rings. The maximum Gasteiger partial charge on any atom is 0.185 e. The number of rotatable bonds is 5. The second-order valence-electron chi connectivity index (χ2n) is 5.25. The minimum atomic E-state index is 0.341. The predicted molar refractivity (Wildman–Crippen MR) is 84.8 cm³/mol. The van der Waals surface area contributed by atoms with Crippen molar-refractivity contribution in [3.63, 3.8) is 0 Å². The van der Waals surface area contributed by atoms with Crippen molar-refractivity contribution in [2.75, 3.05) is 11.9 Å². The molecule has 5 heteroatoms. The molecule has 0 aliphatic rings. The van der Waals surface area contributed by atoms with E-state index in [-0.39, 0.29) is 0 Å². The molecule has 3 aromatic rings. The first-order chi connectivity index (χ1) is 10.7. The Morgan fingerprint density at radius 3 is 2.59 bits per heavy atom. The van der Waals surface area contributed by atoms with E-state index in [1.165, 1.54) is 0 Å². The number of anilines is 1. The average molecular weight is 295 g/mol. The Labute approximate surface area is 128 Å². The molecule has 3 rings (SSSR count). The van der Waals surface area contributed by atoms with Crippen LogP contribution in [0.3, 0.4) is 0 Å². The molecule has 0 aliphatic carbocycles. The molecular weight excluding hydrogens is 278 g/mol. The quantitative estimate of drug-likeness (QED) is 0.679. The van der Waals surface area contributed by atoms with Gasteiger partial charge in [-0.3, -0.25) is 9.48 Å². The van der Waals surface area contributed by atoms with Crippen LogP contribution in [0.2, 0.25) is 0 Å². The summed E-state index contributed by atoms with van der Waals surface area (Å²) < 4.78 is 7.22. The Balaban J connectivity index is 1.74. The molecule has 22 heavy (non-hydrogen) atoms. The van der Waals surface area contributed by atoms with E-state index >= 15 is 0 Å². The number of aryl methyl sites for hydroxylation is 1. The van der Waals surface area contributed by atoms with E-state index in [9.17, 15) is 4.79 Å². The minimum Gasteiger partial charge on any atom is -0.453 e. The lowest BCUT2D eigenvalue weighted by atomic mass is 10.1. The summed E-state index contributed by atoms with van der Waals surface area (Å²) in [4.78, 5) is 12.8. The fourth-order valence-corrected chi connectivity index (χ4v) is 2.37. The van der Waals surface area contributed by atoms with Crippen molar-refractivity contribution in [2.24, 2.45) is 7.05 Å². The van der Waals surface area contributed by atoms with E-state index in [0.29, 0.717) is 17.8 Å². The molecule has 0 spiro atoms. The second kappa shape index (κ2) is 5.89. The predicted octanol–water partition coefficient (Wildman–Crippen LogP) is 3.13. The van der Waals surface area contributed by atoms with E-state index in [4.69, 9.17) is 4.42 Å². The maximum absolute atomic E-state index is 10.7. The first-order valence-electron chi connectivity index (χ1n) is 7.00. The van der Waals surface area contributed by atoms with Crippen LogP contribution in [0.25, 0.3) is 11.3 Å². The molecule has 0 radical (unpaired) electrons. The zero-order valence-electron chi connectivity index (χ0n) is 12.6. The van der Waals surface area contributed by atoms with Gasteiger partial charge < -0.3 is 9.32 Å². The third-order valence-corrected chi connectivity index (χ3v) is 3.51. The van der Waals surface area contributed by atoms with Crippen molar-refractivity contribution >= 4 is 12.0 Å². The van der Waals surface area contributed by atoms with E-state index < -0.39 is 0 Å². The highest BCUT2D eigenvalue weighted by atomic mass is 16.3. The van der Waals surface area contributed by atoms with Gasteiger partial charge in [-0.25, -0.2) is 0 Å². The lowest BCUT2D eigenvalue weighted by molar-refractivity contribution is 0.110. The van der Waals surface area contributed by atoms with Gasteiger partial charge in [0.05, 0.1) is 6.20 Å². The van der Waals surface area contributed by atoms with Gasteiger partial charge in [-0.1, -0.05) is 0 Å². The zero-order chi connectivity index (χ0) is 15.5. The van der Waals surface area contributed by atoms with Crippen LogP contribution in [0.15, 0.2) is 53.2 Å². The number of carbonyl (C=O) groups is 1. The molecule has 0 saturated heterocycles. The summed E-state index contributed by atoms with van der Waals surface area (Å²) in [5, 5.41) is 4.18. The third-order valence-electron chi connectivity index (χ3n) is 3.51. The Morgan fingerprint density at radius 1 is 1.23 bits per heavy atom. The molecule has 112 valence electrons. The summed E-state index contributed by atoms with van der Waals surface area (Å²) in [5.74, 6) is 1.04. The topological polar surface area (TPSA) is 51.3 Å². The monoisotopic (exact) mass is 295 g/mol. The van der Waals surface area contributed by atoms with Gasteiger partial charge in [0.25, 0.3) is 0 Å². The van der Waals surface area contributed by atoms with E-state index in [1.807, 2.05) is 50.8 Å². The van der Waals surface area contributed by atoms with Crippen LogP contribution < -0.4 is 4.90 Å². The van der Waals surface area contributed by atoms with Crippen molar-refractivity contribution in [2.45, 2.75) is 6.54 Å². The summed E-state index contributed by atoms with van der Waals surface area (Å²) in [7, 11) is 3.95. The van der Waals surface area contributed by atoms with Gasteiger partial charge in [-0.2, -0.15) is 5.10 Å². The summed E-state index contributed by atoms with van der Waals surface area (Å²) >= 11 is 0. The van der Waals surface area contributed by atoms with Crippen LogP contribution >= 0.6 is 0 Å². The fraction of sp³-hybridized carbons (Fsp3) is 0.176. The molecule has 1 aromatic carbocycles. The van der Waals surface area contributed by atoms with Crippen molar-refractivity contribution in [1.82, 2.24) is 9.78 Å².